The summed E-state index contributed by atoms with van der Waals surface area (Å²) in [7, 11) is 1.78. The second-order valence-electron chi connectivity index (χ2n) is 8.51. The monoisotopic (exact) mass is 452 g/mol. The predicted molar refractivity (Wildman–Crippen MR) is 114 cm³/mol. The molecule has 11 heteroatoms. The largest absolute Gasteiger partial charge is 0.422 e. The Bertz CT molecular complexity index is 1230. The standard InChI is InChI=1S/C21H21ClN8O2/c1-12-7-14-10-21(9-12,19-27-26-17(32-19)5-6-23)30(14)20(31)25-13-3-4-16(22)15(8-13)18-24-11-29(2)28-18/h3-4,8,11-12,14H,5,7,9-10H2,1-2H3,(H,25,31)/t12-,14?,21?/m1/s1. The molecule has 2 aliphatic heterocycles. The number of aryl methyl sites for hydroxylation is 1. The maximum atomic E-state index is 13.4. The molecule has 6 rings (SSSR count). The normalized spacial score (nSPS) is 24.0. The summed E-state index contributed by atoms with van der Waals surface area (Å²) in [4.78, 5) is 19.4. The first-order valence-electron chi connectivity index (χ1n) is 10.4. The van der Waals surface area contributed by atoms with Crippen molar-refractivity contribution in [3.8, 4) is 17.5 Å². The number of anilines is 1. The van der Waals surface area contributed by atoms with Crippen molar-refractivity contribution in [3.63, 3.8) is 0 Å². The average Bonchev–Trinajstić information content (AvgIpc) is 3.38. The molecule has 4 heterocycles. The van der Waals surface area contributed by atoms with Crippen molar-refractivity contribution in [1.29, 1.82) is 5.26 Å². The molecule has 2 saturated heterocycles. The smallest absolute Gasteiger partial charge is 0.323 e. The number of halogens is 1. The number of carbonyl (C=O) groups excluding carboxylic acids is 1. The van der Waals surface area contributed by atoms with Gasteiger partial charge < -0.3 is 14.6 Å². The van der Waals surface area contributed by atoms with Gasteiger partial charge in [-0.05, 0) is 37.0 Å². The summed E-state index contributed by atoms with van der Waals surface area (Å²) in [6, 6.07) is 7.09. The van der Waals surface area contributed by atoms with Gasteiger partial charge in [-0.25, -0.2) is 9.78 Å². The second-order valence-corrected chi connectivity index (χ2v) is 8.91. The van der Waals surface area contributed by atoms with Crippen molar-refractivity contribution >= 4 is 23.3 Å². The van der Waals surface area contributed by atoms with E-state index in [4.69, 9.17) is 21.3 Å². The van der Waals surface area contributed by atoms with Crippen molar-refractivity contribution in [2.45, 2.75) is 44.2 Å². The molecule has 2 aromatic heterocycles. The van der Waals surface area contributed by atoms with Crippen molar-refractivity contribution in [3.05, 3.63) is 41.3 Å². The van der Waals surface area contributed by atoms with E-state index in [1.165, 1.54) is 0 Å². The minimum atomic E-state index is -0.648. The van der Waals surface area contributed by atoms with E-state index in [-0.39, 0.29) is 24.4 Å². The molecule has 164 valence electrons. The summed E-state index contributed by atoms with van der Waals surface area (Å²) in [5.74, 6) is 1.57. The van der Waals surface area contributed by atoms with Crippen LogP contribution in [0.25, 0.3) is 11.4 Å². The molecule has 10 nitrogen and oxygen atoms in total. The lowest BCUT2D eigenvalue weighted by atomic mass is 9.64. The summed E-state index contributed by atoms with van der Waals surface area (Å²) in [5.41, 5.74) is 0.575. The molecule has 2 unspecified atom stereocenters. The van der Waals surface area contributed by atoms with E-state index in [1.807, 2.05) is 11.0 Å². The van der Waals surface area contributed by atoms with Crippen molar-refractivity contribution in [1.82, 2.24) is 29.9 Å². The number of hydrogen-bond donors (Lipinski definition) is 1. The molecule has 0 radical (unpaired) electrons. The van der Waals surface area contributed by atoms with Crippen LogP contribution in [-0.2, 0) is 19.0 Å². The highest BCUT2D eigenvalue weighted by Gasteiger charge is 2.62. The molecule has 2 amide bonds. The molecular weight excluding hydrogens is 432 g/mol. The molecule has 3 atom stereocenters. The molecule has 3 aliphatic rings. The molecule has 2 bridgehead atoms. The summed E-state index contributed by atoms with van der Waals surface area (Å²) in [6.45, 7) is 2.16. The van der Waals surface area contributed by atoms with Gasteiger partial charge in [0.1, 0.15) is 18.3 Å². The van der Waals surface area contributed by atoms with E-state index >= 15 is 0 Å². The maximum Gasteiger partial charge on any atom is 0.323 e. The van der Waals surface area contributed by atoms with Crippen molar-refractivity contribution < 1.29 is 9.21 Å². The Hall–Kier alpha value is -3.45. The number of benzene rings is 1. The van der Waals surface area contributed by atoms with E-state index in [2.05, 4.69) is 32.5 Å². The topological polar surface area (TPSA) is 126 Å². The van der Waals surface area contributed by atoms with E-state index in [0.29, 0.717) is 33.9 Å². The van der Waals surface area contributed by atoms with Crippen LogP contribution in [0.2, 0.25) is 5.02 Å². The van der Waals surface area contributed by atoms with E-state index in [0.717, 1.165) is 19.3 Å². The zero-order valence-corrected chi connectivity index (χ0v) is 18.4. The van der Waals surface area contributed by atoms with Crippen molar-refractivity contribution in [2.75, 3.05) is 5.32 Å². The number of fused-ring (bicyclic) bond motifs is 2. The zero-order chi connectivity index (χ0) is 22.5. The molecule has 1 aromatic carbocycles. The second kappa shape index (κ2) is 7.60. The summed E-state index contributed by atoms with van der Waals surface area (Å²) in [6.07, 6.45) is 4.05. The molecule has 32 heavy (non-hydrogen) atoms. The number of nitrogens with zero attached hydrogens (tertiary/aromatic N) is 7. The Labute approximate surface area is 189 Å². The third-order valence-corrected chi connectivity index (χ3v) is 6.46. The van der Waals surface area contributed by atoms with Gasteiger partial charge in [-0.15, -0.1) is 10.2 Å². The van der Waals surface area contributed by atoms with Crippen LogP contribution in [0.1, 0.15) is 38.0 Å². The first kappa shape index (κ1) is 20.5. The molecular formula is C21H21ClN8O2. The summed E-state index contributed by atoms with van der Waals surface area (Å²) < 4.78 is 7.37. The van der Waals surface area contributed by atoms with Crippen LogP contribution < -0.4 is 5.32 Å². The Morgan fingerprint density at radius 1 is 1.41 bits per heavy atom. The van der Waals surface area contributed by atoms with Crippen LogP contribution in [0, 0.1) is 17.2 Å². The van der Waals surface area contributed by atoms with Crippen LogP contribution in [0.3, 0.4) is 0 Å². The van der Waals surface area contributed by atoms with Crippen molar-refractivity contribution in [2.24, 2.45) is 13.0 Å². The van der Waals surface area contributed by atoms with Gasteiger partial charge in [0, 0.05) is 30.8 Å². The number of aromatic nitrogens is 5. The number of piperidine rings is 1. The van der Waals surface area contributed by atoms with E-state index in [1.54, 1.807) is 36.3 Å². The molecule has 0 spiro atoms. The lowest BCUT2D eigenvalue weighted by molar-refractivity contribution is -0.110. The van der Waals surface area contributed by atoms with Crippen LogP contribution in [0.5, 0.6) is 0 Å². The fraction of sp³-hybridized carbons (Fsp3) is 0.429. The lowest BCUT2D eigenvalue weighted by Crippen LogP contribution is -2.70. The van der Waals surface area contributed by atoms with E-state index < -0.39 is 5.54 Å². The number of nitrogens with one attached hydrogen (secondary N) is 1. The van der Waals surface area contributed by atoms with Gasteiger partial charge in [0.15, 0.2) is 5.82 Å². The Morgan fingerprint density at radius 2 is 2.25 bits per heavy atom. The van der Waals surface area contributed by atoms with Gasteiger partial charge >= 0.3 is 6.03 Å². The molecule has 3 aromatic rings. The van der Waals surface area contributed by atoms with E-state index in [9.17, 15) is 4.79 Å². The van der Waals surface area contributed by atoms with Gasteiger partial charge in [0.25, 0.3) is 0 Å². The minimum Gasteiger partial charge on any atom is -0.422 e. The molecule has 1 saturated carbocycles. The van der Waals surface area contributed by atoms with Crippen LogP contribution in [0.15, 0.2) is 28.9 Å². The number of amides is 2. The van der Waals surface area contributed by atoms with Gasteiger partial charge in [-0.3, -0.25) is 4.68 Å². The Kier molecular flexibility index (Phi) is 4.86. The number of nitriles is 1. The third-order valence-electron chi connectivity index (χ3n) is 6.13. The van der Waals surface area contributed by atoms with Crippen LogP contribution in [-0.4, -0.2) is 41.9 Å². The number of hydrogen-bond acceptors (Lipinski definition) is 7. The van der Waals surface area contributed by atoms with Gasteiger partial charge in [0.2, 0.25) is 11.8 Å². The van der Waals surface area contributed by atoms with Gasteiger partial charge in [-0.1, -0.05) is 18.5 Å². The van der Waals surface area contributed by atoms with Gasteiger partial charge in [0.05, 0.1) is 11.1 Å². The number of carbonyl (C=O) groups is 1. The first-order valence-corrected chi connectivity index (χ1v) is 10.7. The SMILES string of the molecule is C[C@@H]1CC2CC(c3nnc(CC#N)o3)(C1)N2C(=O)Nc1ccc(Cl)c(-c2ncn(C)n2)c1. The lowest BCUT2D eigenvalue weighted by Gasteiger charge is -2.61. The quantitative estimate of drug-likeness (QED) is 0.641. The molecule has 1 aliphatic carbocycles. The fourth-order valence-corrected chi connectivity index (χ4v) is 5.15. The third kappa shape index (κ3) is 3.29. The summed E-state index contributed by atoms with van der Waals surface area (Å²) >= 11 is 6.34. The molecule has 1 N–H and O–H groups in total. The molecule has 3 fully saturated rings. The first-order chi connectivity index (χ1) is 15.4. The van der Waals surface area contributed by atoms with Crippen LogP contribution >= 0.6 is 11.6 Å². The highest BCUT2D eigenvalue weighted by atomic mass is 35.5. The minimum absolute atomic E-state index is 0.0450. The zero-order valence-electron chi connectivity index (χ0n) is 17.6. The van der Waals surface area contributed by atoms with Crippen LogP contribution in [0.4, 0.5) is 10.5 Å². The highest BCUT2D eigenvalue weighted by Crippen LogP contribution is 2.55. The Morgan fingerprint density at radius 3 is 3.00 bits per heavy atom. The average molecular weight is 453 g/mol. The highest BCUT2D eigenvalue weighted by molar-refractivity contribution is 6.33. The summed E-state index contributed by atoms with van der Waals surface area (Å²) in [5, 5.41) is 24.9. The Balaban J connectivity index is 1.42. The number of rotatable bonds is 4. The number of urea groups is 1. The maximum absolute atomic E-state index is 13.4. The fourth-order valence-electron chi connectivity index (χ4n) is 4.95. The predicted octanol–water partition coefficient (Wildman–Crippen LogP) is 3.52. The van der Waals surface area contributed by atoms with Gasteiger partial charge in [-0.2, -0.15) is 10.4 Å².